The van der Waals surface area contributed by atoms with Gasteiger partial charge < -0.3 is 19.6 Å². The third-order valence-corrected chi connectivity index (χ3v) is 7.79. The third-order valence-electron chi connectivity index (χ3n) is 6.37. The Morgan fingerprint density at radius 1 is 1.00 bits per heavy atom. The Balaban J connectivity index is 1.49. The van der Waals surface area contributed by atoms with Crippen molar-refractivity contribution in [3.05, 3.63) is 77.9 Å². The van der Waals surface area contributed by atoms with Gasteiger partial charge in [-0.25, -0.2) is 18.1 Å². The van der Waals surface area contributed by atoms with Crippen molar-refractivity contribution in [2.45, 2.75) is 17.7 Å². The second kappa shape index (κ2) is 9.00. The van der Waals surface area contributed by atoms with Gasteiger partial charge in [-0.05, 0) is 49.1 Å². The number of aromatic nitrogens is 1. The minimum atomic E-state index is -3.69. The van der Waals surface area contributed by atoms with Crippen LogP contribution in [0.15, 0.2) is 76.6 Å². The molecule has 36 heavy (non-hydrogen) atoms. The Labute approximate surface area is 208 Å². The van der Waals surface area contributed by atoms with Crippen molar-refractivity contribution in [1.82, 2.24) is 9.71 Å². The summed E-state index contributed by atoms with van der Waals surface area (Å²) in [5, 5.41) is 11.5. The predicted octanol–water partition coefficient (Wildman–Crippen LogP) is 4.50. The lowest BCUT2D eigenvalue weighted by molar-refractivity contribution is 0.171. The molecular weight excluding hydrogens is 478 g/mol. The molecule has 1 fully saturated rings. The van der Waals surface area contributed by atoms with E-state index in [0.29, 0.717) is 65.0 Å². The first-order valence-corrected chi connectivity index (χ1v) is 13.3. The Morgan fingerprint density at radius 3 is 2.56 bits per heavy atom. The summed E-state index contributed by atoms with van der Waals surface area (Å²) in [6, 6.07) is 19.7. The number of fused-ring (bicyclic) bond motifs is 2. The molecule has 2 heterocycles. The summed E-state index contributed by atoms with van der Waals surface area (Å²) in [6.07, 6.45) is 2.10. The highest BCUT2D eigenvalue weighted by molar-refractivity contribution is 7.89. The zero-order valence-corrected chi connectivity index (χ0v) is 20.2. The van der Waals surface area contributed by atoms with Gasteiger partial charge >= 0.3 is 0 Å². The van der Waals surface area contributed by atoms with Crippen molar-refractivity contribution in [3.63, 3.8) is 0 Å². The first-order valence-electron chi connectivity index (χ1n) is 11.9. The van der Waals surface area contributed by atoms with E-state index in [-0.39, 0.29) is 10.8 Å². The number of benzene rings is 3. The average Bonchev–Trinajstić information content (AvgIpc) is 3.67. The van der Waals surface area contributed by atoms with Crippen molar-refractivity contribution < 1.29 is 23.0 Å². The molecule has 3 aromatic carbocycles. The molecule has 9 heteroatoms. The van der Waals surface area contributed by atoms with Gasteiger partial charge in [-0.3, -0.25) is 0 Å². The number of ether oxygens (including phenoxy) is 2. The lowest BCUT2D eigenvalue weighted by Crippen LogP contribution is -2.25. The molecule has 184 valence electrons. The quantitative estimate of drug-likeness (QED) is 0.322. The van der Waals surface area contributed by atoms with Crippen LogP contribution in [-0.4, -0.2) is 44.0 Å². The number of nitrogens with one attached hydrogen (secondary N) is 2. The summed E-state index contributed by atoms with van der Waals surface area (Å²) in [5.41, 5.74) is 2.90. The van der Waals surface area contributed by atoms with Gasteiger partial charge in [0.2, 0.25) is 10.0 Å². The van der Waals surface area contributed by atoms with E-state index >= 15 is 0 Å². The predicted molar refractivity (Wildman–Crippen MR) is 137 cm³/mol. The monoisotopic (exact) mass is 503 g/mol. The van der Waals surface area contributed by atoms with E-state index in [9.17, 15) is 13.5 Å². The Kier molecular flexibility index (Phi) is 5.66. The van der Waals surface area contributed by atoms with E-state index in [4.69, 9.17) is 14.5 Å². The standard InChI is InChI=1S/C27H25N3O5S/c31-27-25(21-15-20(9-10-22(21)30-27)36(32,33)28-16-17-6-7-17)26(18-4-2-1-3-5-18)29-19-8-11-23-24(14-19)35-13-12-34-23/h1-5,8-11,14-15,17,28,30-31H,6-7,12-13,16H2. The van der Waals surface area contributed by atoms with Crippen molar-refractivity contribution in [3.8, 4) is 17.4 Å². The van der Waals surface area contributed by atoms with Crippen molar-refractivity contribution >= 4 is 32.3 Å². The lowest BCUT2D eigenvalue weighted by atomic mass is 10.0. The molecule has 0 unspecified atom stereocenters. The van der Waals surface area contributed by atoms with Gasteiger partial charge in [0.1, 0.15) is 13.2 Å². The Hall–Kier alpha value is -3.82. The molecule has 0 atom stereocenters. The SMILES string of the molecule is O=S(=O)(NCC1CC1)c1ccc2[nH]c(O)c(C(=Nc3ccc4c(c3)OCCO4)c3ccccc3)c2c1. The van der Waals surface area contributed by atoms with Crippen LogP contribution in [0.3, 0.4) is 0 Å². The Morgan fingerprint density at radius 2 is 1.78 bits per heavy atom. The molecule has 0 spiro atoms. The van der Waals surface area contributed by atoms with E-state index in [1.807, 2.05) is 36.4 Å². The molecular formula is C27H25N3O5S. The minimum Gasteiger partial charge on any atom is -0.494 e. The second-order valence-electron chi connectivity index (χ2n) is 9.01. The number of hydrogen-bond acceptors (Lipinski definition) is 6. The number of nitrogens with zero attached hydrogens (tertiary/aromatic N) is 1. The van der Waals surface area contributed by atoms with Crippen molar-refractivity contribution in [1.29, 1.82) is 0 Å². The maximum Gasteiger partial charge on any atom is 0.240 e. The highest BCUT2D eigenvalue weighted by Gasteiger charge is 2.26. The van der Waals surface area contributed by atoms with Crippen LogP contribution in [0.25, 0.3) is 10.9 Å². The number of H-pyrrole nitrogens is 1. The van der Waals surface area contributed by atoms with Gasteiger partial charge in [0.15, 0.2) is 17.4 Å². The van der Waals surface area contributed by atoms with E-state index in [1.165, 1.54) is 6.07 Å². The van der Waals surface area contributed by atoms with Crippen LogP contribution < -0.4 is 14.2 Å². The number of aromatic hydroxyl groups is 1. The second-order valence-corrected chi connectivity index (χ2v) is 10.8. The van der Waals surface area contributed by atoms with Crippen molar-refractivity contribution in [2.24, 2.45) is 10.9 Å². The smallest absolute Gasteiger partial charge is 0.240 e. The van der Waals surface area contributed by atoms with E-state index in [0.717, 1.165) is 18.4 Å². The number of aliphatic imine (C=N–C) groups is 1. The van der Waals surface area contributed by atoms with E-state index in [1.54, 1.807) is 24.3 Å². The van der Waals surface area contributed by atoms with Crippen LogP contribution in [0.1, 0.15) is 24.0 Å². The number of aromatic amines is 1. The topological polar surface area (TPSA) is 113 Å². The average molecular weight is 504 g/mol. The molecule has 1 saturated carbocycles. The molecule has 1 aromatic heterocycles. The van der Waals surface area contributed by atoms with Gasteiger partial charge in [0.25, 0.3) is 0 Å². The van der Waals surface area contributed by atoms with E-state index < -0.39 is 10.0 Å². The summed E-state index contributed by atoms with van der Waals surface area (Å²) in [5.74, 6) is 1.59. The largest absolute Gasteiger partial charge is 0.494 e. The van der Waals surface area contributed by atoms with Crippen molar-refractivity contribution in [2.75, 3.05) is 19.8 Å². The van der Waals surface area contributed by atoms with Gasteiger partial charge in [0, 0.05) is 29.1 Å². The molecule has 4 aromatic rings. The maximum atomic E-state index is 13.0. The van der Waals surface area contributed by atoms with E-state index in [2.05, 4.69) is 9.71 Å². The summed E-state index contributed by atoms with van der Waals surface area (Å²) in [6.45, 7) is 1.39. The summed E-state index contributed by atoms with van der Waals surface area (Å²) in [7, 11) is -3.69. The summed E-state index contributed by atoms with van der Waals surface area (Å²) >= 11 is 0. The van der Waals surface area contributed by atoms with Gasteiger partial charge in [-0.15, -0.1) is 0 Å². The van der Waals surface area contributed by atoms with Gasteiger partial charge in [-0.2, -0.15) is 0 Å². The van der Waals surface area contributed by atoms with Gasteiger partial charge in [0.05, 0.1) is 21.9 Å². The van der Waals surface area contributed by atoms with Gasteiger partial charge in [-0.1, -0.05) is 30.3 Å². The Bertz CT molecular complexity index is 1570. The van der Waals surface area contributed by atoms with Crippen LogP contribution in [0.2, 0.25) is 0 Å². The fourth-order valence-corrected chi connectivity index (χ4v) is 5.43. The highest BCUT2D eigenvalue weighted by Crippen LogP contribution is 2.36. The van der Waals surface area contributed by atoms with Crippen LogP contribution in [-0.2, 0) is 10.0 Å². The first-order chi connectivity index (χ1) is 17.5. The molecule has 0 amide bonds. The molecule has 0 saturated heterocycles. The lowest BCUT2D eigenvalue weighted by Gasteiger charge is -2.18. The number of rotatable bonds is 7. The molecule has 0 bridgehead atoms. The number of sulfonamides is 1. The number of hydrogen-bond donors (Lipinski definition) is 3. The summed E-state index contributed by atoms with van der Waals surface area (Å²) < 4.78 is 39.9. The molecule has 3 N–H and O–H groups in total. The first kappa shape index (κ1) is 22.6. The molecule has 0 radical (unpaired) electrons. The fraction of sp³-hybridized carbons (Fsp3) is 0.222. The molecule has 1 aliphatic heterocycles. The third kappa shape index (κ3) is 4.43. The molecule has 8 nitrogen and oxygen atoms in total. The zero-order valence-electron chi connectivity index (χ0n) is 19.4. The van der Waals surface area contributed by atoms with Crippen LogP contribution >= 0.6 is 0 Å². The maximum absolute atomic E-state index is 13.0. The minimum absolute atomic E-state index is 0.0920. The van der Waals surface area contributed by atoms with Crippen LogP contribution in [0.4, 0.5) is 5.69 Å². The summed E-state index contributed by atoms with van der Waals surface area (Å²) in [4.78, 5) is 7.99. The molecule has 2 aliphatic rings. The molecule has 6 rings (SSSR count). The van der Waals surface area contributed by atoms with Crippen LogP contribution in [0, 0.1) is 5.92 Å². The van der Waals surface area contributed by atoms with Crippen LogP contribution in [0.5, 0.6) is 17.4 Å². The molecule has 1 aliphatic carbocycles. The highest BCUT2D eigenvalue weighted by atomic mass is 32.2. The normalized spacial score (nSPS) is 15.8. The fourth-order valence-electron chi connectivity index (χ4n) is 4.29. The zero-order chi connectivity index (χ0) is 24.7.